The first kappa shape index (κ1) is 13.6. The van der Waals surface area contributed by atoms with E-state index >= 15 is 0 Å². The highest BCUT2D eigenvalue weighted by Crippen LogP contribution is 2.21. The third kappa shape index (κ3) is 2.75. The first-order chi connectivity index (χ1) is 10.2. The second-order valence-electron chi connectivity index (χ2n) is 4.76. The third-order valence-electron chi connectivity index (χ3n) is 3.40. The Morgan fingerprint density at radius 2 is 2.38 bits per heavy atom. The van der Waals surface area contributed by atoms with Crippen molar-refractivity contribution in [1.29, 1.82) is 5.26 Å². The second kappa shape index (κ2) is 5.56. The van der Waals surface area contributed by atoms with Crippen LogP contribution in [0.3, 0.4) is 0 Å². The summed E-state index contributed by atoms with van der Waals surface area (Å²) in [5.74, 6) is -0.149. The highest BCUT2D eigenvalue weighted by atomic mass is 35.5. The molecule has 1 aromatic heterocycles. The fourth-order valence-electron chi connectivity index (χ4n) is 2.27. The van der Waals surface area contributed by atoms with Crippen LogP contribution >= 0.6 is 11.6 Å². The van der Waals surface area contributed by atoms with E-state index in [9.17, 15) is 4.79 Å². The smallest absolute Gasteiger partial charge is 0.241 e. The molecule has 106 valence electrons. The zero-order valence-corrected chi connectivity index (χ0v) is 11.7. The zero-order valence-electron chi connectivity index (χ0n) is 11.0. The lowest BCUT2D eigenvalue weighted by atomic mass is 10.0. The molecule has 0 radical (unpaired) electrons. The summed E-state index contributed by atoms with van der Waals surface area (Å²) in [6.45, 7) is 0.585. The number of anilines is 1. The Labute approximate surface area is 126 Å². The summed E-state index contributed by atoms with van der Waals surface area (Å²) in [5, 5.41) is 15.1. The van der Waals surface area contributed by atoms with Crippen molar-refractivity contribution in [3.8, 4) is 6.07 Å². The number of carbonyl (C=O) groups excluding carboxylic acids is 1. The molecule has 7 heteroatoms. The highest BCUT2D eigenvalue weighted by molar-refractivity contribution is 6.32. The number of nitriles is 1. The van der Waals surface area contributed by atoms with Crippen molar-refractivity contribution in [2.75, 3.05) is 5.32 Å². The van der Waals surface area contributed by atoms with Gasteiger partial charge in [-0.2, -0.15) is 5.26 Å². The van der Waals surface area contributed by atoms with Gasteiger partial charge in [0.15, 0.2) is 0 Å². The Bertz CT molecular complexity index is 733. The molecule has 1 amide bonds. The number of rotatable bonds is 2. The summed E-state index contributed by atoms with van der Waals surface area (Å²) in [7, 11) is 0. The quantitative estimate of drug-likeness (QED) is 0.785. The number of nitrogens with one attached hydrogen (secondary N) is 3. The number of hydrogen-bond donors (Lipinski definition) is 3. The molecule has 1 aliphatic heterocycles. The molecule has 2 heterocycles. The summed E-state index contributed by atoms with van der Waals surface area (Å²) in [5.41, 5.74) is 2.87. The number of amides is 1. The number of carbonyl (C=O) groups is 1. The Morgan fingerprint density at radius 3 is 3.14 bits per heavy atom. The number of halogens is 1. The summed E-state index contributed by atoms with van der Waals surface area (Å²) in [6, 6.07) is 6.45. The monoisotopic (exact) mass is 301 g/mol. The molecule has 6 nitrogen and oxygen atoms in total. The molecule has 2 aromatic rings. The molecule has 1 aromatic carbocycles. The Balaban J connectivity index is 1.70. The van der Waals surface area contributed by atoms with Gasteiger partial charge in [-0.05, 0) is 18.2 Å². The van der Waals surface area contributed by atoms with Gasteiger partial charge in [-0.1, -0.05) is 11.6 Å². The Kier molecular flexibility index (Phi) is 3.60. The molecule has 0 bridgehead atoms. The predicted octanol–water partition coefficient (Wildman–Crippen LogP) is 1.59. The van der Waals surface area contributed by atoms with Crippen molar-refractivity contribution < 1.29 is 4.79 Å². The molecule has 0 saturated heterocycles. The summed E-state index contributed by atoms with van der Waals surface area (Å²) in [6.07, 6.45) is 2.17. The van der Waals surface area contributed by atoms with Crippen molar-refractivity contribution in [3.05, 3.63) is 46.5 Å². The fourth-order valence-corrected chi connectivity index (χ4v) is 2.49. The van der Waals surface area contributed by atoms with E-state index in [-0.39, 0.29) is 11.9 Å². The molecule has 0 aliphatic carbocycles. The maximum atomic E-state index is 12.2. The second-order valence-corrected chi connectivity index (χ2v) is 5.17. The minimum atomic E-state index is -0.338. The van der Waals surface area contributed by atoms with E-state index in [4.69, 9.17) is 16.9 Å². The van der Waals surface area contributed by atoms with Gasteiger partial charge >= 0.3 is 0 Å². The summed E-state index contributed by atoms with van der Waals surface area (Å²) < 4.78 is 0. The van der Waals surface area contributed by atoms with Crippen LogP contribution in [0.4, 0.5) is 5.69 Å². The SMILES string of the molecule is N#Cc1ccc(NC(=O)C2Cc3nc[nH]c3CN2)cc1Cl. The number of fused-ring (bicyclic) bond motifs is 1. The number of aromatic amines is 1. The number of nitrogens with zero attached hydrogens (tertiary/aromatic N) is 2. The van der Waals surface area contributed by atoms with Crippen LogP contribution in [0.1, 0.15) is 17.0 Å². The molecule has 0 saturated carbocycles. The van der Waals surface area contributed by atoms with Crippen LogP contribution < -0.4 is 10.6 Å². The van der Waals surface area contributed by atoms with Gasteiger partial charge in [0.05, 0.1) is 34.3 Å². The Hall–Kier alpha value is -2.36. The normalized spacial score (nSPS) is 16.9. The lowest BCUT2D eigenvalue weighted by Gasteiger charge is -2.22. The Morgan fingerprint density at radius 1 is 1.52 bits per heavy atom. The number of aromatic nitrogens is 2. The van der Waals surface area contributed by atoms with Gasteiger partial charge in [-0.3, -0.25) is 10.1 Å². The van der Waals surface area contributed by atoms with Crippen molar-refractivity contribution in [1.82, 2.24) is 15.3 Å². The maximum absolute atomic E-state index is 12.2. The van der Waals surface area contributed by atoms with E-state index in [1.165, 1.54) is 0 Å². The van der Waals surface area contributed by atoms with Crippen LogP contribution in [0.25, 0.3) is 0 Å². The topological polar surface area (TPSA) is 93.6 Å². The van der Waals surface area contributed by atoms with E-state index < -0.39 is 0 Å². The molecule has 21 heavy (non-hydrogen) atoms. The minimum Gasteiger partial charge on any atom is -0.347 e. The van der Waals surface area contributed by atoms with Gasteiger partial charge in [0.2, 0.25) is 5.91 Å². The highest BCUT2D eigenvalue weighted by Gasteiger charge is 2.25. The summed E-state index contributed by atoms with van der Waals surface area (Å²) >= 11 is 5.95. The first-order valence-electron chi connectivity index (χ1n) is 6.42. The van der Waals surface area contributed by atoms with E-state index in [0.29, 0.717) is 29.2 Å². The standard InChI is InChI=1S/C14H12ClN5O/c15-10-3-9(2-1-8(10)5-16)20-14(21)12-4-11-13(6-17-12)19-7-18-11/h1-3,7,12,17H,4,6H2,(H,18,19)(H,20,21). The zero-order chi connectivity index (χ0) is 14.8. The molecule has 0 fully saturated rings. The average Bonchev–Trinajstić information content (AvgIpc) is 2.94. The van der Waals surface area contributed by atoms with Gasteiger partial charge in [-0.15, -0.1) is 0 Å². The van der Waals surface area contributed by atoms with Gasteiger partial charge < -0.3 is 10.3 Å². The number of hydrogen-bond acceptors (Lipinski definition) is 4. The van der Waals surface area contributed by atoms with Gasteiger partial charge in [-0.25, -0.2) is 4.98 Å². The molecule has 3 N–H and O–H groups in total. The van der Waals surface area contributed by atoms with Crippen LogP contribution in [0, 0.1) is 11.3 Å². The average molecular weight is 302 g/mol. The van der Waals surface area contributed by atoms with Crippen LogP contribution in [0.15, 0.2) is 24.5 Å². The van der Waals surface area contributed by atoms with Gasteiger partial charge in [0.25, 0.3) is 0 Å². The molecule has 1 atom stereocenters. The predicted molar refractivity (Wildman–Crippen MR) is 77.7 cm³/mol. The lowest BCUT2D eigenvalue weighted by molar-refractivity contribution is -0.118. The van der Waals surface area contributed by atoms with Gasteiger partial charge in [0.1, 0.15) is 6.07 Å². The van der Waals surface area contributed by atoms with Crippen molar-refractivity contribution in [2.45, 2.75) is 19.0 Å². The van der Waals surface area contributed by atoms with Crippen molar-refractivity contribution in [3.63, 3.8) is 0 Å². The molecule has 3 rings (SSSR count). The lowest BCUT2D eigenvalue weighted by Crippen LogP contribution is -2.44. The molecule has 0 spiro atoms. The third-order valence-corrected chi connectivity index (χ3v) is 3.72. The minimum absolute atomic E-state index is 0.149. The first-order valence-corrected chi connectivity index (χ1v) is 6.80. The molecular formula is C14H12ClN5O. The van der Waals surface area contributed by atoms with Gasteiger partial charge in [0, 0.05) is 18.7 Å². The molecule has 1 unspecified atom stereocenters. The number of benzene rings is 1. The molecular weight excluding hydrogens is 290 g/mol. The van der Waals surface area contributed by atoms with Crippen molar-refractivity contribution >= 4 is 23.2 Å². The van der Waals surface area contributed by atoms with E-state index in [2.05, 4.69) is 20.6 Å². The van der Waals surface area contributed by atoms with Crippen molar-refractivity contribution in [2.24, 2.45) is 0 Å². The van der Waals surface area contributed by atoms with Crippen LogP contribution in [0.5, 0.6) is 0 Å². The van der Waals surface area contributed by atoms with E-state index in [1.807, 2.05) is 6.07 Å². The fraction of sp³-hybridized carbons (Fsp3) is 0.214. The maximum Gasteiger partial charge on any atom is 0.241 e. The van der Waals surface area contributed by atoms with E-state index in [0.717, 1.165) is 11.4 Å². The largest absolute Gasteiger partial charge is 0.347 e. The van der Waals surface area contributed by atoms with E-state index in [1.54, 1.807) is 24.5 Å². The summed E-state index contributed by atoms with van der Waals surface area (Å²) in [4.78, 5) is 19.5. The number of H-pyrrole nitrogens is 1. The van der Waals surface area contributed by atoms with Crippen LogP contribution in [-0.4, -0.2) is 21.9 Å². The number of imidazole rings is 1. The molecule has 1 aliphatic rings. The van der Waals surface area contributed by atoms with Crippen LogP contribution in [0.2, 0.25) is 5.02 Å². The van der Waals surface area contributed by atoms with Crippen LogP contribution in [-0.2, 0) is 17.8 Å².